The molecule has 0 spiro atoms. The van der Waals surface area contributed by atoms with Crippen LogP contribution in [0.3, 0.4) is 0 Å². The molecule has 0 bridgehead atoms. The van der Waals surface area contributed by atoms with Gasteiger partial charge in [0.15, 0.2) is 17.2 Å². The minimum atomic E-state index is -0.492. The maximum absolute atomic E-state index is 12.3. The van der Waals surface area contributed by atoms with Crippen molar-refractivity contribution in [3.05, 3.63) is 62.2 Å². The summed E-state index contributed by atoms with van der Waals surface area (Å²) < 4.78 is 18.5. The standard InChI is InChI=1S/C22H21Br2NO4/c1-3-5-10-28-20-17(24)11-14(13-19(20)27-4-2)12-18-22(26)29-21(25-18)15-8-6-7-9-16(15)23/h6-9,11-13H,3-5,10H2,1-2H3/b18-12-. The second kappa shape index (κ2) is 10.1. The lowest BCUT2D eigenvalue weighted by molar-refractivity contribution is -0.129. The SMILES string of the molecule is CCCCOc1c(Br)cc(/C=C2\N=C(c3ccccc3Br)OC2=O)cc1OCC. The number of ether oxygens (including phenoxy) is 3. The molecule has 0 N–H and O–H groups in total. The Morgan fingerprint density at radius 1 is 1.10 bits per heavy atom. The van der Waals surface area contributed by atoms with E-state index in [1.807, 2.05) is 43.3 Å². The molecule has 0 saturated heterocycles. The molecule has 1 aliphatic rings. The maximum atomic E-state index is 12.3. The van der Waals surface area contributed by atoms with E-state index in [0.29, 0.717) is 24.7 Å². The molecule has 0 fully saturated rings. The van der Waals surface area contributed by atoms with Crippen molar-refractivity contribution >= 4 is 49.8 Å². The third-order valence-corrected chi connectivity index (χ3v) is 5.38. The minimum absolute atomic E-state index is 0.227. The lowest BCUT2D eigenvalue weighted by Crippen LogP contribution is -2.06. The molecule has 1 heterocycles. The molecule has 0 radical (unpaired) electrons. The smallest absolute Gasteiger partial charge is 0.363 e. The predicted octanol–water partition coefficient (Wildman–Crippen LogP) is 6.13. The van der Waals surface area contributed by atoms with Gasteiger partial charge in [0.05, 0.1) is 23.2 Å². The first kappa shape index (κ1) is 21.6. The molecule has 0 atom stereocenters. The summed E-state index contributed by atoms with van der Waals surface area (Å²) in [6.45, 7) is 5.14. The Hall–Kier alpha value is -2.12. The third-order valence-electron chi connectivity index (χ3n) is 4.10. The average Bonchev–Trinajstić information content (AvgIpc) is 3.04. The Morgan fingerprint density at radius 2 is 1.90 bits per heavy atom. The first-order valence-electron chi connectivity index (χ1n) is 9.40. The Morgan fingerprint density at radius 3 is 2.62 bits per heavy atom. The van der Waals surface area contributed by atoms with E-state index in [2.05, 4.69) is 43.8 Å². The topological polar surface area (TPSA) is 57.1 Å². The molecular weight excluding hydrogens is 502 g/mol. The molecule has 0 unspecified atom stereocenters. The molecule has 0 amide bonds. The number of carbonyl (C=O) groups is 1. The molecule has 2 aromatic rings. The highest BCUT2D eigenvalue weighted by Crippen LogP contribution is 2.38. The van der Waals surface area contributed by atoms with Crippen LogP contribution in [0.1, 0.15) is 37.8 Å². The molecule has 152 valence electrons. The monoisotopic (exact) mass is 521 g/mol. The average molecular weight is 523 g/mol. The summed E-state index contributed by atoms with van der Waals surface area (Å²) in [6, 6.07) is 11.2. The van der Waals surface area contributed by atoms with Crippen molar-refractivity contribution < 1.29 is 19.0 Å². The molecule has 1 aliphatic heterocycles. The number of esters is 1. The van der Waals surface area contributed by atoms with E-state index in [9.17, 15) is 4.79 Å². The number of nitrogens with zero attached hydrogens (tertiary/aromatic N) is 1. The van der Waals surface area contributed by atoms with Crippen molar-refractivity contribution in [2.75, 3.05) is 13.2 Å². The number of hydrogen-bond donors (Lipinski definition) is 0. The number of cyclic esters (lactones) is 1. The molecule has 5 nitrogen and oxygen atoms in total. The fourth-order valence-electron chi connectivity index (χ4n) is 2.71. The van der Waals surface area contributed by atoms with E-state index in [-0.39, 0.29) is 11.6 Å². The molecular formula is C22H21Br2NO4. The van der Waals surface area contributed by atoms with Crippen molar-refractivity contribution in [2.24, 2.45) is 4.99 Å². The second-order valence-electron chi connectivity index (χ2n) is 6.28. The summed E-state index contributed by atoms with van der Waals surface area (Å²) in [5, 5.41) is 0. The maximum Gasteiger partial charge on any atom is 0.363 e. The second-order valence-corrected chi connectivity index (χ2v) is 7.99. The number of halogens is 2. The zero-order valence-corrected chi connectivity index (χ0v) is 19.4. The van der Waals surface area contributed by atoms with Gasteiger partial charge in [-0.2, -0.15) is 0 Å². The number of benzene rings is 2. The van der Waals surface area contributed by atoms with Crippen LogP contribution in [0.4, 0.5) is 0 Å². The van der Waals surface area contributed by atoms with Gasteiger partial charge in [-0.15, -0.1) is 0 Å². The van der Waals surface area contributed by atoms with E-state index in [0.717, 1.165) is 32.9 Å². The van der Waals surface area contributed by atoms with Crippen molar-refractivity contribution in [2.45, 2.75) is 26.7 Å². The number of unbranched alkanes of at least 4 members (excludes halogenated alkanes) is 1. The molecule has 3 rings (SSSR count). The number of rotatable bonds is 8. The number of carbonyl (C=O) groups excluding carboxylic acids is 1. The van der Waals surface area contributed by atoms with Gasteiger partial charge in [0, 0.05) is 4.47 Å². The highest BCUT2D eigenvalue weighted by molar-refractivity contribution is 9.10. The Kier molecular flexibility index (Phi) is 7.50. The Bertz CT molecular complexity index is 969. The summed E-state index contributed by atoms with van der Waals surface area (Å²) in [6.07, 6.45) is 3.68. The highest BCUT2D eigenvalue weighted by Gasteiger charge is 2.25. The fraction of sp³-hybridized carbons (Fsp3) is 0.273. The van der Waals surface area contributed by atoms with Crippen LogP contribution in [-0.4, -0.2) is 25.1 Å². The summed E-state index contributed by atoms with van der Waals surface area (Å²) >= 11 is 7.01. The van der Waals surface area contributed by atoms with Crippen LogP contribution in [-0.2, 0) is 9.53 Å². The van der Waals surface area contributed by atoms with E-state index in [4.69, 9.17) is 14.2 Å². The van der Waals surface area contributed by atoms with Gasteiger partial charge in [0.25, 0.3) is 0 Å². The zero-order valence-electron chi connectivity index (χ0n) is 16.2. The Balaban J connectivity index is 1.93. The van der Waals surface area contributed by atoms with Gasteiger partial charge in [-0.05, 0) is 81.1 Å². The minimum Gasteiger partial charge on any atom is -0.490 e. The predicted molar refractivity (Wildman–Crippen MR) is 120 cm³/mol. The van der Waals surface area contributed by atoms with Crippen LogP contribution in [0.25, 0.3) is 6.08 Å². The van der Waals surface area contributed by atoms with Gasteiger partial charge in [-0.1, -0.05) is 25.5 Å². The quantitative estimate of drug-likeness (QED) is 0.237. The highest BCUT2D eigenvalue weighted by atomic mass is 79.9. The van der Waals surface area contributed by atoms with Crippen LogP contribution in [0.2, 0.25) is 0 Å². The normalized spacial score (nSPS) is 14.7. The van der Waals surface area contributed by atoms with E-state index in [1.165, 1.54) is 0 Å². The third kappa shape index (κ3) is 5.28. The van der Waals surface area contributed by atoms with Crippen molar-refractivity contribution in [3.8, 4) is 11.5 Å². The van der Waals surface area contributed by atoms with Gasteiger partial charge < -0.3 is 14.2 Å². The summed E-state index contributed by atoms with van der Waals surface area (Å²) in [4.78, 5) is 16.7. The van der Waals surface area contributed by atoms with E-state index in [1.54, 1.807) is 6.08 Å². The lowest BCUT2D eigenvalue weighted by Gasteiger charge is -2.14. The van der Waals surface area contributed by atoms with Crippen molar-refractivity contribution in [1.29, 1.82) is 0 Å². The summed E-state index contributed by atoms with van der Waals surface area (Å²) in [7, 11) is 0. The fourth-order valence-corrected chi connectivity index (χ4v) is 3.74. The van der Waals surface area contributed by atoms with Crippen LogP contribution >= 0.6 is 31.9 Å². The van der Waals surface area contributed by atoms with Gasteiger partial charge >= 0.3 is 5.97 Å². The van der Waals surface area contributed by atoms with Crippen molar-refractivity contribution in [3.63, 3.8) is 0 Å². The van der Waals surface area contributed by atoms with Gasteiger partial charge in [0.2, 0.25) is 5.90 Å². The first-order valence-corrected chi connectivity index (χ1v) is 11.0. The number of hydrogen-bond acceptors (Lipinski definition) is 5. The van der Waals surface area contributed by atoms with Gasteiger partial charge in [0.1, 0.15) is 0 Å². The first-order chi connectivity index (χ1) is 14.0. The molecule has 0 saturated carbocycles. The van der Waals surface area contributed by atoms with Crippen LogP contribution < -0.4 is 9.47 Å². The molecule has 7 heteroatoms. The van der Waals surface area contributed by atoms with E-state index < -0.39 is 5.97 Å². The molecule has 0 aliphatic carbocycles. The molecule has 29 heavy (non-hydrogen) atoms. The Labute approximate surface area is 187 Å². The summed E-state index contributed by atoms with van der Waals surface area (Å²) in [5.41, 5.74) is 1.71. The van der Waals surface area contributed by atoms with Crippen LogP contribution in [0.5, 0.6) is 11.5 Å². The van der Waals surface area contributed by atoms with Gasteiger partial charge in [-0.25, -0.2) is 9.79 Å². The molecule has 2 aromatic carbocycles. The van der Waals surface area contributed by atoms with Crippen LogP contribution in [0, 0.1) is 0 Å². The zero-order chi connectivity index (χ0) is 20.8. The van der Waals surface area contributed by atoms with Crippen LogP contribution in [0.15, 0.2) is 56.0 Å². The van der Waals surface area contributed by atoms with Crippen molar-refractivity contribution in [1.82, 2.24) is 0 Å². The van der Waals surface area contributed by atoms with Gasteiger partial charge in [-0.3, -0.25) is 0 Å². The lowest BCUT2D eigenvalue weighted by atomic mass is 10.1. The number of aliphatic imine (C=N–C) groups is 1. The summed E-state index contributed by atoms with van der Waals surface area (Å²) in [5.74, 6) is 1.06. The van der Waals surface area contributed by atoms with E-state index >= 15 is 0 Å². The molecule has 0 aromatic heterocycles. The largest absolute Gasteiger partial charge is 0.490 e.